The number of carbonyl (C=O) groups is 1. The predicted octanol–water partition coefficient (Wildman–Crippen LogP) is 0.551. The molecule has 0 saturated heterocycles. The van der Waals surface area contributed by atoms with E-state index in [-0.39, 0.29) is 26.7 Å². The molecule has 0 atom stereocenters. The van der Waals surface area contributed by atoms with Crippen LogP contribution in [0.3, 0.4) is 0 Å². The van der Waals surface area contributed by atoms with E-state index in [0.29, 0.717) is 0 Å². The van der Waals surface area contributed by atoms with Crippen molar-refractivity contribution in [2.75, 3.05) is 0 Å². The second kappa shape index (κ2) is 9.59. The molecule has 4 nitrogen and oxygen atoms in total. The van der Waals surface area contributed by atoms with E-state index in [0.717, 1.165) is 13.2 Å². The quantitative estimate of drug-likeness (QED) is 0.536. The van der Waals surface area contributed by atoms with Gasteiger partial charge in [0.05, 0.1) is 5.60 Å². The molecule has 0 aliphatic heterocycles. The standard InChI is InChI=1S/C5H9O2.C3H3O2.W/c1-5(2,3)7-4-6;1-3(5)2-4;/h1-3H3;1H3;/q2*-1;+2. The molecule has 74 valence electrons. The Hall–Kier alpha value is -0.502. The zero-order valence-corrected chi connectivity index (χ0v) is 11.0. The fraction of sp³-hybridized carbons (Fsp3) is 0.625. The number of ketones is 1. The Balaban J connectivity index is -0.000000150. The van der Waals surface area contributed by atoms with E-state index in [9.17, 15) is 9.59 Å². The van der Waals surface area contributed by atoms with Gasteiger partial charge < -0.3 is 19.1 Å². The smallest absolute Gasteiger partial charge is 0.649 e. The molecule has 0 aliphatic carbocycles. The van der Waals surface area contributed by atoms with Gasteiger partial charge >= 0.3 is 21.1 Å². The van der Waals surface area contributed by atoms with Gasteiger partial charge in [-0.1, -0.05) is 6.47 Å². The van der Waals surface area contributed by atoms with Crippen LogP contribution >= 0.6 is 0 Å². The topological polar surface area (TPSA) is 60.4 Å². The Morgan fingerprint density at radius 1 is 1.23 bits per heavy atom. The van der Waals surface area contributed by atoms with Crippen LogP contribution in [0.15, 0.2) is 0 Å². The van der Waals surface area contributed by atoms with E-state index >= 15 is 0 Å². The Labute approximate surface area is 92.3 Å². The molecule has 0 rings (SSSR count). The van der Waals surface area contributed by atoms with Crippen molar-refractivity contribution in [2.24, 2.45) is 0 Å². The predicted molar refractivity (Wildman–Crippen MR) is 42.9 cm³/mol. The maximum Gasteiger partial charge on any atom is 2.00 e. The fourth-order valence-electron chi connectivity index (χ4n) is 0.125. The van der Waals surface area contributed by atoms with Crippen LogP contribution in [0.2, 0.25) is 0 Å². The molecule has 0 spiro atoms. The van der Waals surface area contributed by atoms with Gasteiger partial charge in [-0.3, -0.25) is 0 Å². The van der Waals surface area contributed by atoms with E-state index in [1.807, 2.05) is 0 Å². The van der Waals surface area contributed by atoms with Crippen LogP contribution in [-0.2, 0) is 40.2 Å². The van der Waals surface area contributed by atoms with Gasteiger partial charge in [-0.05, 0) is 27.7 Å². The largest absolute Gasteiger partial charge is 2.00 e. The summed E-state index contributed by atoms with van der Waals surface area (Å²) in [5.41, 5.74) is -0.373. The molecule has 0 amide bonds. The van der Waals surface area contributed by atoms with Crippen LogP contribution in [0.25, 0.3) is 0 Å². The van der Waals surface area contributed by atoms with Gasteiger partial charge in [-0.2, -0.15) is 6.29 Å². The van der Waals surface area contributed by atoms with Crippen molar-refractivity contribution in [2.45, 2.75) is 33.3 Å². The van der Waals surface area contributed by atoms with Gasteiger partial charge in [0.15, 0.2) is 0 Å². The maximum atomic E-state index is 9.47. The van der Waals surface area contributed by atoms with Crippen LogP contribution in [0.1, 0.15) is 27.7 Å². The Bertz CT molecular complexity index is 160. The van der Waals surface area contributed by atoms with Crippen molar-refractivity contribution < 1.29 is 40.2 Å². The van der Waals surface area contributed by atoms with Gasteiger partial charge in [-0.25, -0.2) is 0 Å². The molecular formula is C8H12O4W. The average Bonchev–Trinajstić information content (AvgIpc) is 1.86. The first-order chi connectivity index (χ1) is 5.33. The third-order valence-electron chi connectivity index (χ3n) is 0.492. The van der Waals surface area contributed by atoms with E-state index < -0.39 is 5.78 Å². The van der Waals surface area contributed by atoms with Crippen LogP contribution in [0, 0.1) is 0 Å². The number of carbonyl (C=O) groups excluding carboxylic acids is 3. The third kappa shape index (κ3) is 34.3. The number of rotatable bonds is 2. The number of ether oxygens (including phenoxy) is 1. The van der Waals surface area contributed by atoms with Crippen LogP contribution in [0.4, 0.5) is 0 Å². The molecule has 0 saturated carbocycles. The van der Waals surface area contributed by atoms with E-state index in [1.165, 1.54) is 6.47 Å². The molecule has 0 heterocycles. The molecule has 13 heavy (non-hydrogen) atoms. The monoisotopic (exact) mass is 356 g/mol. The normalized spacial score (nSPS) is 8.31. The molecule has 0 bridgehead atoms. The first-order valence-corrected chi connectivity index (χ1v) is 3.27. The summed E-state index contributed by atoms with van der Waals surface area (Å²) in [5, 5.41) is 0. The Kier molecular flexibility index (Phi) is 13.5. The minimum absolute atomic E-state index is 0. The van der Waals surface area contributed by atoms with Crippen molar-refractivity contribution in [3.8, 4) is 0 Å². The van der Waals surface area contributed by atoms with E-state index in [1.54, 1.807) is 20.8 Å². The molecule has 0 aliphatic rings. The van der Waals surface area contributed by atoms with Crippen molar-refractivity contribution >= 4 is 18.5 Å². The van der Waals surface area contributed by atoms with Gasteiger partial charge in [0, 0.05) is 5.78 Å². The van der Waals surface area contributed by atoms with Gasteiger partial charge in [0.1, 0.15) is 0 Å². The second-order valence-corrected chi connectivity index (χ2v) is 2.96. The van der Waals surface area contributed by atoms with E-state index in [4.69, 9.17) is 4.79 Å². The average molecular weight is 356 g/mol. The molecule has 0 N–H and O–H groups in total. The summed E-state index contributed by atoms with van der Waals surface area (Å²) in [6, 6.07) is 0. The number of hydrogen-bond donors (Lipinski definition) is 0. The molecule has 0 aromatic heterocycles. The third-order valence-corrected chi connectivity index (χ3v) is 0.492. The summed E-state index contributed by atoms with van der Waals surface area (Å²) < 4.78 is 4.42. The molecular weight excluding hydrogens is 344 g/mol. The SMILES string of the molecule is CC(=O)[C-]=O.CC(C)(C)O[C-]=O.[W+2]. The van der Waals surface area contributed by atoms with Gasteiger partial charge in [-0.15, -0.1) is 0 Å². The van der Waals surface area contributed by atoms with E-state index in [2.05, 4.69) is 4.74 Å². The fourth-order valence-corrected chi connectivity index (χ4v) is 0.125. The Morgan fingerprint density at radius 3 is 1.54 bits per heavy atom. The summed E-state index contributed by atoms with van der Waals surface area (Å²) in [6.07, 6.45) is 1.14. The van der Waals surface area contributed by atoms with Gasteiger partial charge in [0.25, 0.3) is 0 Å². The molecule has 0 radical (unpaired) electrons. The molecule has 5 heteroatoms. The summed E-state index contributed by atoms with van der Waals surface area (Å²) in [7, 11) is 0. The number of hydrogen-bond acceptors (Lipinski definition) is 4. The summed E-state index contributed by atoms with van der Waals surface area (Å²) in [6.45, 7) is 7.89. The zero-order valence-electron chi connectivity index (χ0n) is 8.04. The van der Waals surface area contributed by atoms with Crippen molar-refractivity contribution in [3.05, 3.63) is 0 Å². The second-order valence-electron chi connectivity index (χ2n) is 2.96. The first-order valence-electron chi connectivity index (χ1n) is 3.27. The molecule has 0 aromatic carbocycles. The molecule has 0 fully saturated rings. The Morgan fingerprint density at radius 2 is 1.54 bits per heavy atom. The molecule has 0 unspecified atom stereocenters. The summed E-state index contributed by atoms with van der Waals surface area (Å²) >= 11 is 0. The van der Waals surface area contributed by atoms with Crippen LogP contribution < -0.4 is 0 Å². The number of Topliss-reactive ketones (excluding diaryl/α,β-unsaturated/α-hetero) is 1. The summed E-state index contributed by atoms with van der Waals surface area (Å²) in [4.78, 5) is 27.9. The van der Waals surface area contributed by atoms with Crippen molar-refractivity contribution in [1.29, 1.82) is 0 Å². The maximum absolute atomic E-state index is 9.47. The van der Waals surface area contributed by atoms with Gasteiger partial charge in [0.2, 0.25) is 0 Å². The van der Waals surface area contributed by atoms with Crippen molar-refractivity contribution in [1.82, 2.24) is 0 Å². The minimum atomic E-state index is -0.551. The molecule has 0 aromatic rings. The van der Waals surface area contributed by atoms with Crippen LogP contribution in [0.5, 0.6) is 0 Å². The first kappa shape index (κ1) is 18.3. The summed E-state index contributed by atoms with van der Waals surface area (Å²) in [5.74, 6) is -0.551. The van der Waals surface area contributed by atoms with Crippen molar-refractivity contribution in [3.63, 3.8) is 0 Å². The van der Waals surface area contributed by atoms with Crippen LogP contribution in [-0.4, -0.2) is 24.1 Å². The zero-order chi connectivity index (χ0) is 10.2. The minimum Gasteiger partial charge on any atom is -0.649 e.